The molecule has 27 heavy (non-hydrogen) atoms. The van der Waals surface area contributed by atoms with Crippen molar-refractivity contribution in [3.8, 4) is 0 Å². The maximum atomic E-state index is 12.6. The van der Waals surface area contributed by atoms with Crippen molar-refractivity contribution in [1.82, 2.24) is 9.97 Å². The Bertz CT molecular complexity index is 811. The van der Waals surface area contributed by atoms with Crippen LogP contribution in [0.3, 0.4) is 0 Å². The second kappa shape index (κ2) is 7.77. The van der Waals surface area contributed by atoms with Gasteiger partial charge in [0.1, 0.15) is 0 Å². The quantitative estimate of drug-likeness (QED) is 0.864. The number of nitrogens with zero attached hydrogens (tertiary/aromatic N) is 2. The van der Waals surface area contributed by atoms with Gasteiger partial charge >= 0.3 is 0 Å². The number of benzene rings is 1. The number of carbonyl (C=O) groups excluding carboxylic acids is 1. The Morgan fingerprint density at radius 3 is 2.74 bits per heavy atom. The van der Waals surface area contributed by atoms with Crippen LogP contribution >= 0.6 is 0 Å². The Labute approximate surface area is 160 Å². The highest BCUT2D eigenvalue weighted by Gasteiger charge is 2.28. The number of aromatic nitrogens is 2. The van der Waals surface area contributed by atoms with Crippen LogP contribution in [0.1, 0.15) is 72.1 Å². The van der Waals surface area contributed by atoms with Crippen molar-refractivity contribution in [2.75, 3.05) is 18.5 Å². The van der Waals surface area contributed by atoms with Gasteiger partial charge in [-0.25, -0.2) is 9.97 Å². The van der Waals surface area contributed by atoms with Crippen molar-refractivity contribution in [2.45, 2.75) is 57.5 Å². The van der Waals surface area contributed by atoms with E-state index in [0.29, 0.717) is 30.4 Å². The van der Waals surface area contributed by atoms with Crippen LogP contribution in [-0.4, -0.2) is 35.0 Å². The van der Waals surface area contributed by atoms with E-state index < -0.39 is 0 Å². The number of hydrogen-bond acceptors (Lipinski definition) is 5. The van der Waals surface area contributed by atoms with Crippen molar-refractivity contribution in [1.29, 1.82) is 0 Å². The molecule has 2 aromatic rings. The Kier molecular flexibility index (Phi) is 5.21. The van der Waals surface area contributed by atoms with Gasteiger partial charge in [0.05, 0.1) is 17.4 Å². The summed E-state index contributed by atoms with van der Waals surface area (Å²) in [5.41, 5.74) is 4.07. The minimum absolute atomic E-state index is 0.139. The number of ketones is 1. The zero-order valence-corrected chi connectivity index (χ0v) is 16.1. The summed E-state index contributed by atoms with van der Waals surface area (Å²) in [4.78, 5) is 21.6. The summed E-state index contributed by atoms with van der Waals surface area (Å²) in [7, 11) is 0. The van der Waals surface area contributed by atoms with E-state index in [2.05, 4.69) is 53.4 Å². The Morgan fingerprint density at radius 1 is 1.22 bits per heavy atom. The molecule has 1 aromatic carbocycles. The lowest BCUT2D eigenvalue weighted by atomic mass is 9.81. The van der Waals surface area contributed by atoms with Crippen LogP contribution in [0.15, 0.2) is 30.5 Å². The molecule has 2 aliphatic rings. The van der Waals surface area contributed by atoms with E-state index in [-0.39, 0.29) is 17.8 Å². The van der Waals surface area contributed by atoms with Gasteiger partial charge < -0.3 is 10.1 Å². The summed E-state index contributed by atoms with van der Waals surface area (Å²) in [6, 6.07) is 8.68. The number of hydrogen-bond donors (Lipinski definition) is 1. The largest absolute Gasteiger partial charge is 0.376 e. The lowest BCUT2D eigenvalue weighted by Crippen LogP contribution is -2.23. The predicted molar refractivity (Wildman–Crippen MR) is 105 cm³/mol. The van der Waals surface area contributed by atoms with Crippen molar-refractivity contribution in [2.24, 2.45) is 0 Å². The molecule has 1 aromatic heterocycles. The molecule has 5 nitrogen and oxygen atoms in total. The fourth-order valence-electron chi connectivity index (χ4n) is 3.93. The average Bonchev–Trinajstić information content (AvgIpc) is 3.20. The van der Waals surface area contributed by atoms with E-state index in [1.807, 2.05) is 0 Å². The smallest absolute Gasteiger partial charge is 0.222 e. The van der Waals surface area contributed by atoms with E-state index in [0.717, 1.165) is 31.6 Å². The second-order valence-corrected chi connectivity index (χ2v) is 7.92. The first-order valence-electron chi connectivity index (χ1n) is 9.94. The fraction of sp³-hybridized carbons (Fsp3) is 0.500. The maximum Gasteiger partial charge on any atom is 0.222 e. The van der Waals surface area contributed by atoms with Crippen molar-refractivity contribution < 1.29 is 9.53 Å². The molecule has 4 rings (SSSR count). The zero-order valence-electron chi connectivity index (χ0n) is 16.1. The summed E-state index contributed by atoms with van der Waals surface area (Å²) < 4.78 is 5.63. The number of Topliss-reactive ketones (excluding diaryl/α,β-unsaturated/α-hetero) is 1. The number of fused-ring (bicyclic) bond motifs is 1. The van der Waals surface area contributed by atoms with Crippen molar-refractivity contribution >= 4 is 11.7 Å². The Hall–Kier alpha value is -2.27. The molecule has 0 spiro atoms. The topological polar surface area (TPSA) is 64.1 Å². The Balaban J connectivity index is 1.49. The van der Waals surface area contributed by atoms with Gasteiger partial charge in [-0.15, -0.1) is 0 Å². The van der Waals surface area contributed by atoms with E-state index >= 15 is 0 Å². The summed E-state index contributed by atoms with van der Waals surface area (Å²) in [5, 5.41) is 3.27. The Morgan fingerprint density at radius 2 is 2.04 bits per heavy atom. The van der Waals surface area contributed by atoms with Crippen LogP contribution in [0.25, 0.3) is 0 Å². The summed E-state index contributed by atoms with van der Waals surface area (Å²) in [6.45, 7) is 5.94. The third-order valence-corrected chi connectivity index (χ3v) is 5.63. The van der Waals surface area contributed by atoms with Crippen molar-refractivity contribution in [3.05, 3.63) is 52.8 Å². The lowest BCUT2D eigenvalue weighted by Gasteiger charge is -2.24. The molecule has 1 fully saturated rings. The molecule has 2 atom stereocenters. The van der Waals surface area contributed by atoms with E-state index in [1.165, 1.54) is 11.1 Å². The number of rotatable bonds is 5. The van der Waals surface area contributed by atoms with Gasteiger partial charge in [-0.05, 0) is 42.2 Å². The second-order valence-electron chi connectivity index (χ2n) is 7.92. The third kappa shape index (κ3) is 4.03. The van der Waals surface area contributed by atoms with E-state index in [9.17, 15) is 4.79 Å². The van der Waals surface area contributed by atoms with Gasteiger partial charge in [0.2, 0.25) is 5.95 Å². The average molecular weight is 365 g/mol. The van der Waals surface area contributed by atoms with Crippen LogP contribution in [0.2, 0.25) is 0 Å². The summed E-state index contributed by atoms with van der Waals surface area (Å²) in [5.74, 6) is 1.43. The van der Waals surface area contributed by atoms with Gasteiger partial charge in [0, 0.05) is 25.8 Å². The highest BCUT2D eigenvalue weighted by atomic mass is 16.5. The molecule has 0 radical (unpaired) electrons. The van der Waals surface area contributed by atoms with Crippen LogP contribution in [-0.2, 0) is 11.2 Å². The van der Waals surface area contributed by atoms with Gasteiger partial charge in [-0.3, -0.25) is 4.79 Å². The van der Waals surface area contributed by atoms with Gasteiger partial charge in [0.25, 0.3) is 0 Å². The first-order chi connectivity index (χ1) is 13.1. The molecule has 1 N–H and O–H groups in total. The molecule has 0 amide bonds. The van der Waals surface area contributed by atoms with Crippen LogP contribution in [0.5, 0.6) is 0 Å². The molecule has 1 saturated heterocycles. The SMILES string of the molecule is CC(C)c1ccc(C2CC(=O)c3cnc(NCC4CCCO4)nc3C2)cc1. The lowest BCUT2D eigenvalue weighted by molar-refractivity contribution is 0.0962. The first kappa shape index (κ1) is 18.1. The minimum atomic E-state index is 0.139. The normalized spacial score (nSPS) is 22.1. The van der Waals surface area contributed by atoms with Crippen molar-refractivity contribution in [3.63, 3.8) is 0 Å². The fourth-order valence-corrected chi connectivity index (χ4v) is 3.93. The molecular weight excluding hydrogens is 338 g/mol. The zero-order chi connectivity index (χ0) is 18.8. The van der Waals surface area contributed by atoms with Gasteiger partial charge in [0.15, 0.2) is 5.78 Å². The molecule has 1 aliphatic heterocycles. The number of anilines is 1. The van der Waals surface area contributed by atoms with E-state index in [1.54, 1.807) is 6.20 Å². The van der Waals surface area contributed by atoms with Crippen LogP contribution < -0.4 is 5.32 Å². The molecule has 5 heteroatoms. The molecule has 0 bridgehead atoms. The molecule has 142 valence electrons. The molecular formula is C22H27N3O2. The van der Waals surface area contributed by atoms with Gasteiger partial charge in [-0.2, -0.15) is 0 Å². The molecule has 2 unspecified atom stereocenters. The molecule has 1 aliphatic carbocycles. The number of ether oxygens (including phenoxy) is 1. The number of carbonyl (C=O) groups is 1. The summed E-state index contributed by atoms with van der Waals surface area (Å²) >= 11 is 0. The monoisotopic (exact) mass is 365 g/mol. The standard InChI is InChI=1S/C22H27N3O2/c1-14(2)15-5-7-16(8-6-15)17-10-20-19(21(26)11-17)13-24-22(25-20)23-12-18-4-3-9-27-18/h5-8,13-14,17-18H,3-4,9-12H2,1-2H3,(H,23,24,25). The highest BCUT2D eigenvalue weighted by Crippen LogP contribution is 2.32. The predicted octanol–water partition coefficient (Wildman–Crippen LogP) is 4.10. The first-order valence-corrected chi connectivity index (χ1v) is 9.94. The highest BCUT2D eigenvalue weighted by molar-refractivity contribution is 5.98. The number of nitrogens with one attached hydrogen (secondary N) is 1. The third-order valence-electron chi connectivity index (χ3n) is 5.63. The van der Waals surface area contributed by atoms with Crippen LogP contribution in [0.4, 0.5) is 5.95 Å². The van der Waals surface area contributed by atoms with E-state index in [4.69, 9.17) is 4.74 Å². The maximum absolute atomic E-state index is 12.6. The minimum Gasteiger partial charge on any atom is -0.376 e. The van der Waals surface area contributed by atoms with Gasteiger partial charge in [-0.1, -0.05) is 38.1 Å². The molecule has 2 heterocycles. The molecule has 0 saturated carbocycles. The van der Waals surface area contributed by atoms with Crippen LogP contribution in [0, 0.1) is 0 Å². The summed E-state index contributed by atoms with van der Waals surface area (Å²) in [6.07, 6.45) is 5.41.